The van der Waals surface area contributed by atoms with Gasteiger partial charge in [0.15, 0.2) is 5.58 Å². The van der Waals surface area contributed by atoms with Crippen LogP contribution in [0.1, 0.15) is 6.42 Å². The molecule has 128 valence electrons. The highest BCUT2D eigenvalue weighted by atomic mass is 35.5. The number of rotatable bonds is 2. The van der Waals surface area contributed by atoms with Crippen LogP contribution in [0.2, 0.25) is 5.02 Å². The maximum absolute atomic E-state index is 14.0. The summed E-state index contributed by atoms with van der Waals surface area (Å²) in [6.07, 6.45) is 0.562. The van der Waals surface area contributed by atoms with E-state index in [1.807, 2.05) is 4.90 Å². The smallest absolute Gasteiger partial charge is 0.308 e. The quantitative estimate of drug-likeness (QED) is 0.705. The van der Waals surface area contributed by atoms with Crippen LogP contribution in [0, 0.1) is 11.7 Å². The van der Waals surface area contributed by atoms with Gasteiger partial charge in [0, 0.05) is 24.8 Å². The van der Waals surface area contributed by atoms with Crippen LogP contribution in [0.3, 0.4) is 0 Å². The third-order valence-corrected chi connectivity index (χ3v) is 4.91. The normalized spacial score (nSPS) is 17.5. The molecule has 2 aromatic carbocycles. The SMILES string of the molecule is O=C(O)C1CCN(c2ccc3c(=O)c4c(F)ccc(Cl)c4oc3c2)C1. The summed E-state index contributed by atoms with van der Waals surface area (Å²) in [5.41, 5.74) is 0.585. The zero-order valence-electron chi connectivity index (χ0n) is 13.0. The molecular formula is C18H13ClFNO4. The molecule has 1 saturated heterocycles. The maximum Gasteiger partial charge on any atom is 0.308 e. The topological polar surface area (TPSA) is 70.8 Å². The third-order valence-electron chi connectivity index (χ3n) is 4.61. The fourth-order valence-corrected chi connectivity index (χ4v) is 3.46. The van der Waals surface area contributed by atoms with E-state index in [1.54, 1.807) is 18.2 Å². The van der Waals surface area contributed by atoms with Crippen LogP contribution < -0.4 is 10.3 Å². The Morgan fingerprint density at radius 2 is 2.12 bits per heavy atom. The van der Waals surface area contributed by atoms with E-state index in [0.29, 0.717) is 25.1 Å². The molecular weight excluding hydrogens is 349 g/mol. The lowest BCUT2D eigenvalue weighted by Gasteiger charge is -2.18. The first-order valence-electron chi connectivity index (χ1n) is 7.78. The molecule has 5 nitrogen and oxygen atoms in total. The summed E-state index contributed by atoms with van der Waals surface area (Å²) >= 11 is 6.05. The molecule has 25 heavy (non-hydrogen) atoms. The molecule has 0 saturated carbocycles. The second kappa shape index (κ2) is 5.74. The summed E-state index contributed by atoms with van der Waals surface area (Å²) in [5.74, 6) is -1.91. The van der Waals surface area contributed by atoms with E-state index in [-0.39, 0.29) is 21.4 Å². The minimum Gasteiger partial charge on any atom is -0.481 e. The van der Waals surface area contributed by atoms with Gasteiger partial charge in [-0.3, -0.25) is 9.59 Å². The zero-order chi connectivity index (χ0) is 17.7. The van der Waals surface area contributed by atoms with Gasteiger partial charge in [-0.25, -0.2) is 4.39 Å². The Kier molecular flexibility index (Phi) is 3.65. The highest BCUT2D eigenvalue weighted by Gasteiger charge is 2.28. The molecule has 0 radical (unpaired) electrons. The molecule has 0 aliphatic carbocycles. The minimum absolute atomic E-state index is 0.0150. The van der Waals surface area contributed by atoms with Crippen molar-refractivity contribution >= 4 is 45.2 Å². The molecule has 1 aromatic heterocycles. The number of carboxylic acids is 1. The summed E-state index contributed by atoms with van der Waals surface area (Å²) in [4.78, 5) is 25.6. The predicted octanol–water partition coefficient (Wildman–Crippen LogP) is 3.65. The lowest BCUT2D eigenvalue weighted by molar-refractivity contribution is -0.140. The average molecular weight is 362 g/mol. The van der Waals surface area contributed by atoms with Gasteiger partial charge >= 0.3 is 5.97 Å². The zero-order valence-corrected chi connectivity index (χ0v) is 13.7. The summed E-state index contributed by atoms with van der Waals surface area (Å²) in [5, 5.41) is 9.37. The van der Waals surface area contributed by atoms with Gasteiger partial charge < -0.3 is 14.4 Å². The summed E-state index contributed by atoms with van der Waals surface area (Å²) in [6.45, 7) is 1.00. The van der Waals surface area contributed by atoms with Crippen molar-refractivity contribution < 1.29 is 18.7 Å². The van der Waals surface area contributed by atoms with Gasteiger partial charge in [0.25, 0.3) is 0 Å². The monoisotopic (exact) mass is 361 g/mol. The molecule has 1 aliphatic rings. The molecule has 3 aromatic rings. The van der Waals surface area contributed by atoms with Crippen molar-refractivity contribution in [3.8, 4) is 0 Å². The van der Waals surface area contributed by atoms with E-state index in [2.05, 4.69) is 0 Å². The standard InChI is InChI=1S/C18H13ClFNO4/c19-12-3-4-13(20)15-16(22)11-2-1-10(7-14(11)25-17(12)15)21-6-5-9(8-21)18(23)24/h1-4,7,9H,5-6,8H2,(H,23,24). The molecule has 0 bridgehead atoms. The van der Waals surface area contributed by atoms with Crippen molar-refractivity contribution in [1.82, 2.24) is 0 Å². The number of fused-ring (bicyclic) bond motifs is 2. The highest BCUT2D eigenvalue weighted by Crippen LogP contribution is 2.30. The maximum atomic E-state index is 14.0. The number of halogens is 2. The Morgan fingerprint density at radius 3 is 2.84 bits per heavy atom. The van der Waals surface area contributed by atoms with Gasteiger partial charge in [0.2, 0.25) is 5.43 Å². The molecule has 1 aliphatic heterocycles. The molecule has 0 spiro atoms. The van der Waals surface area contributed by atoms with Gasteiger partial charge in [-0.15, -0.1) is 0 Å². The van der Waals surface area contributed by atoms with Crippen LogP contribution in [0.15, 0.2) is 39.5 Å². The van der Waals surface area contributed by atoms with E-state index in [9.17, 15) is 14.0 Å². The van der Waals surface area contributed by atoms with Crippen LogP contribution in [0.4, 0.5) is 10.1 Å². The predicted molar refractivity (Wildman–Crippen MR) is 92.9 cm³/mol. The van der Waals surface area contributed by atoms with Crippen LogP contribution in [0.25, 0.3) is 21.9 Å². The minimum atomic E-state index is -0.817. The Hall–Kier alpha value is -2.60. The number of aliphatic carboxylic acids is 1. The van der Waals surface area contributed by atoms with Gasteiger partial charge in [0.1, 0.15) is 16.8 Å². The van der Waals surface area contributed by atoms with E-state index < -0.39 is 23.1 Å². The Balaban J connectivity index is 1.87. The average Bonchev–Trinajstić information content (AvgIpc) is 3.08. The van der Waals surface area contributed by atoms with Crippen molar-refractivity contribution in [2.75, 3.05) is 18.0 Å². The van der Waals surface area contributed by atoms with Crippen molar-refractivity contribution in [1.29, 1.82) is 0 Å². The first-order chi connectivity index (χ1) is 12.0. The molecule has 2 heterocycles. The van der Waals surface area contributed by atoms with Crippen LogP contribution in [-0.4, -0.2) is 24.2 Å². The number of hydrogen-bond acceptors (Lipinski definition) is 4. The first kappa shape index (κ1) is 15.9. The molecule has 4 rings (SSSR count). The molecule has 1 unspecified atom stereocenters. The number of anilines is 1. The van der Waals surface area contributed by atoms with Crippen molar-refractivity contribution in [3.05, 3.63) is 51.4 Å². The second-order valence-corrected chi connectivity index (χ2v) is 6.52. The Bertz CT molecular complexity index is 1080. The van der Waals surface area contributed by atoms with Gasteiger partial charge in [-0.2, -0.15) is 0 Å². The number of carbonyl (C=O) groups is 1. The Labute approximate surface area is 146 Å². The summed E-state index contributed by atoms with van der Waals surface area (Å²) in [6, 6.07) is 7.44. The molecule has 1 atom stereocenters. The fraction of sp³-hybridized carbons (Fsp3) is 0.222. The number of carboxylic acid groups (broad SMARTS) is 1. The van der Waals surface area contributed by atoms with Gasteiger partial charge in [-0.05, 0) is 30.7 Å². The summed E-state index contributed by atoms with van der Waals surface area (Å²) < 4.78 is 19.7. The molecule has 0 amide bonds. The van der Waals surface area contributed by atoms with Crippen LogP contribution in [0.5, 0.6) is 0 Å². The number of nitrogens with zero attached hydrogens (tertiary/aromatic N) is 1. The van der Waals surface area contributed by atoms with E-state index >= 15 is 0 Å². The summed E-state index contributed by atoms with van der Waals surface area (Å²) in [7, 11) is 0. The van der Waals surface area contributed by atoms with E-state index in [1.165, 1.54) is 6.07 Å². The number of benzene rings is 2. The largest absolute Gasteiger partial charge is 0.481 e. The third kappa shape index (κ3) is 2.53. The number of hydrogen-bond donors (Lipinski definition) is 1. The molecule has 7 heteroatoms. The van der Waals surface area contributed by atoms with Crippen LogP contribution >= 0.6 is 11.6 Å². The van der Waals surface area contributed by atoms with Crippen molar-refractivity contribution in [2.45, 2.75) is 6.42 Å². The first-order valence-corrected chi connectivity index (χ1v) is 8.16. The van der Waals surface area contributed by atoms with Crippen LogP contribution in [-0.2, 0) is 4.79 Å². The van der Waals surface area contributed by atoms with Gasteiger partial charge in [0.05, 0.1) is 16.3 Å². The van der Waals surface area contributed by atoms with Gasteiger partial charge in [-0.1, -0.05) is 11.6 Å². The lowest BCUT2D eigenvalue weighted by atomic mass is 10.1. The molecule has 1 N–H and O–H groups in total. The molecule has 1 fully saturated rings. The lowest BCUT2D eigenvalue weighted by Crippen LogP contribution is -2.22. The fourth-order valence-electron chi connectivity index (χ4n) is 3.27. The highest BCUT2D eigenvalue weighted by molar-refractivity contribution is 6.34. The van der Waals surface area contributed by atoms with Crippen molar-refractivity contribution in [3.63, 3.8) is 0 Å². The van der Waals surface area contributed by atoms with E-state index in [4.69, 9.17) is 21.1 Å². The second-order valence-electron chi connectivity index (χ2n) is 6.11. The van der Waals surface area contributed by atoms with Crippen molar-refractivity contribution in [2.24, 2.45) is 5.92 Å². The van der Waals surface area contributed by atoms with E-state index in [0.717, 1.165) is 11.8 Å². The Morgan fingerprint density at radius 1 is 1.32 bits per heavy atom.